The highest BCUT2D eigenvalue weighted by Crippen LogP contribution is 2.17. The molecule has 6 nitrogen and oxygen atoms in total. The van der Waals surface area contributed by atoms with Gasteiger partial charge in [0.15, 0.2) is 6.10 Å². The van der Waals surface area contributed by atoms with Crippen molar-refractivity contribution in [3.05, 3.63) is 0 Å². The van der Waals surface area contributed by atoms with Crippen LogP contribution in [-0.4, -0.2) is 37.2 Å². The van der Waals surface area contributed by atoms with Crippen LogP contribution in [0, 0.1) is 17.8 Å². The van der Waals surface area contributed by atoms with Crippen molar-refractivity contribution in [1.29, 1.82) is 0 Å². The Kier molecular flexibility index (Phi) is 37.5. The Labute approximate surface area is 329 Å². The van der Waals surface area contributed by atoms with E-state index in [2.05, 4.69) is 41.5 Å². The van der Waals surface area contributed by atoms with E-state index < -0.39 is 6.10 Å². The van der Waals surface area contributed by atoms with E-state index in [-0.39, 0.29) is 31.1 Å². The lowest BCUT2D eigenvalue weighted by Gasteiger charge is -2.18. The van der Waals surface area contributed by atoms with Crippen LogP contribution in [-0.2, 0) is 28.6 Å². The van der Waals surface area contributed by atoms with Gasteiger partial charge in [-0.15, -0.1) is 0 Å². The zero-order chi connectivity index (χ0) is 39.2. The predicted octanol–water partition coefficient (Wildman–Crippen LogP) is 14.4. The highest BCUT2D eigenvalue weighted by Gasteiger charge is 2.19. The molecule has 1 unspecified atom stereocenters. The molecule has 0 bridgehead atoms. The number of unbranched alkanes of at least 4 members (excludes halogenated alkanes) is 22. The summed E-state index contributed by atoms with van der Waals surface area (Å²) in [7, 11) is 0. The maximum absolute atomic E-state index is 12.7. The van der Waals surface area contributed by atoms with Crippen molar-refractivity contribution in [3.63, 3.8) is 0 Å². The van der Waals surface area contributed by atoms with Crippen molar-refractivity contribution in [3.8, 4) is 0 Å². The molecule has 2 atom stereocenters. The molecule has 0 aliphatic heterocycles. The summed E-state index contributed by atoms with van der Waals surface area (Å²) in [4.78, 5) is 37.7. The zero-order valence-corrected chi connectivity index (χ0v) is 36.3. The number of hydrogen-bond acceptors (Lipinski definition) is 6. The van der Waals surface area contributed by atoms with Gasteiger partial charge >= 0.3 is 17.9 Å². The lowest BCUT2D eigenvalue weighted by atomic mass is 10.00. The van der Waals surface area contributed by atoms with Crippen LogP contribution in [0.5, 0.6) is 0 Å². The smallest absolute Gasteiger partial charge is 0.306 e. The van der Waals surface area contributed by atoms with Crippen LogP contribution in [0.3, 0.4) is 0 Å². The van der Waals surface area contributed by atoms with Gasteiger partial charge in [-0.05, 0) is 37.0 Å². The molecule has 0 saturated carbocycles. The van der Waals surface area contributed by atoms with Gasteiger partial charge in [-0.1, -0.05) is 208 Å². The third-order valence-electron chi connectivity index (χ3n) is 10.8. The van der Waals surface area contributed by atoms with E-state index in [1.165, 1.54) is 128 Å². The molecule has 314 valence electrons. The third-order valence-corrected chi connectivity index (χ3v) is 10.8. The Bertz CT molecular complexity index is 824. The number of carbonyl (C=O) groups is 3. The molecule has 6 heteroatoms. The van der Waals surface area contributed by atoms with E-state index in [1.54, 1.807) is 0 Å². The van der Waals surface area contributed by atoms with Crippen molar-refractivity contribution >= 4 is 17.9 Å². The van der Waals surface area contributed by atoms with Crippen LogP contribution in [0.4, 0.5) is 0 Å². The lowest BCUT2D eigenvalue weighted by Crippen LogP contribution is -2.30. The van der Waals surface area contributed by atoms with Gasteiger partial charge in [-0.2, -0.15) is 0 Å². The highest BCUT2D eigenvalue weighted by molar-refractivity contribution is 5.71. The summed E-state index contributed by atoms with van der Waals surface area (Å²) in [6.07, 6.45) is 35.2. The summed E-state index contributed by atoms with van der Waals surface area (Å²) in [5, 5.41) is 0. The third kappa shape index (κ3) is 39.9. The molecular weight excluding hydrogens is 661 g/mol. The largest absolute Gasteiger partial charge is 0.462 e. The van der Waals surface area contributed by atoms with Crippen molar-refractivity contribution in [1.82, 2.24) is 0 Å². The summed E-state index contributed by atoms with van der Waals surface area (Å²) < 4.78 is 16.7. The van der Waals surface area contributed by atoms with Crippen LogP contribution >= 0.6 is 0 Å². The van der Waals surface area contributed by atoms with Crippen LogP contribution in [0.2, 0.25) is 0 Å². The zero-order valence-electron chi connectivity index (χ0n) is 36.3. The first-order valence-electron chi connectivity index (χ1n) is 23.1. The molecule has 0 rings (SSSR count). The first kappa shape index (κ1) is 51.4. The summed E-state index contributed by atoms with van der Waals surface area (Å²) in [5.74, 6) is 1.57. The predicted molar refractivity (Wildman–Crippen MR) is 224 cm³/mol. The minimum Gasteiger partial charge on any atom is -0.462 e. The Morgan fingerprint density at radius 1 is 0.377 bits per heavy atom. The van der Waals surface area contributed by atoms with Crippen molar-refractivity contribution < 1.29 is 28.6 Å². The van der Waals surface area contributed by atoms with Gasteiger partial charge in [0.05, 0.1) is 0 Å². The molecule has 0 aromatic carbocycles. The van der Waals surface area contributed by atoms with Crippen LogP contribution in [0.1, 0.15) is 247 Å². The fourth-order valence-corrected chi connectivity index (χ4v) is 6.85. The number of carbonyl (C=O) groups excluding carboxylic acids is 3. The molecule has 0 aromatic rings. The van der Waals surface area contributed by atoms with Gasteiger partial charge in [0.1, 0.15) is 13.2 Å². The van der Waals surface area contributed by atoms with Crippen LogP contribution < -0.4 is 0 Å². The normalized spacial score (nSPS) is 12.7. The van der Waals surface area contributed by atoms with Gasteiger partial charge in [0.2, 0.25) is 0 Å². The molecule has 53 heavy (non-hydrogen) atoms. The molecule has 0 aliphatic rings. The van der Waals surface area contributed by atoms with Gasteiger partial charge in [0.25, 0.3) is 0 Å². The highest BCUT2D eigenvalue weighted by atomic mass is 16.6. The number of esters is 3. The fourth-order valence-electron chi connectivity index (χ4n) is 6.85. The Hall–Kier alpha value is -1.59. The molecule has 0 fully saturated rings. The van der Waals surface area contributed by atoms with Crippen molar-refractivity contribution in [2.45, 2.75) is 253 Å². The maximum Gasteiger partial charge on any atom is 0.306 e. The van der Waals surface area contributed by atoms with Gasteiger partial charge in [0, 0.05) is 19.3 Å². The standard InChI is InChI=1S/C47H90O6/c1-7-43(6)35-29-23-19-20-25-31-37-46(49)52-40-44(39-51-45(48)36-30-24-17-14-13-16-22-28-34-42(4)5)53-47(50)38-32-26-18-12-10-8-9-11-15-21-27-33-41(2)3/h41-44H,7-40H2,1-6H3/t43?,44-/m0/s1. The van der Waals surface area contributed by atoms with E-state index in [9.17, 15) is 14.4 Å². The number of rotatable bonds is 40. The monoisotopic (exact) mass is 751 g/mol. The lowest BCUT2D eigenvalue weighted by molar-refractivity contribution is -0.167. The van der Waals surface area contributed by atoms with Crippen molar-refractivity contribution in [2.24, 2.45) is 17.8 Å². The average molecular weight is 751 g/mol. The minimum absolute atomic E-state index is 0.0669. The Balaban J connectivity index is 4.35. The van der Waals surface area contributed by atoms with Crippen LogP contribution in [0.25, 0.3) is 0 Å². The molecule has 0 radical (unpaired) electrons. The van der Waals surface area contributed by atoms with Gasteiger partial charge in [-0.3, -0.25) is 14.4 Å². The maximum atomic E-state index is 12.7. The Morgan fingerprint density at radius 3 is 0.981 bits per heavy atom. The molecule has 0 aliphatic carbocycles. The number of ether oxygens (including phenoxy) is 3. The quantitative estimate of drug-likeness (QED) is 0.0352. The molecule has 0 saturated heterocycles. The van der Waals surface area contributed by atoms with Crippen molar-refractivity contribution in [2.75, 3.05) is 13.2 Å². The second-order valence-electron chi connectivity index (χ2n) is 17.2. The second-order valence-corrected chi connectivity index (χ2v) is 17.2. The van der Waals surface area contributed by atoms with E-state index >= 15 is 0 Å². The summed E-state index contributed by atoms with van der Waals surface area (Å²) >= 11 is 0. The van der Waals surface area contributed by atoms with E-state index in [1.807, 2.05) is 0 Å². The SMILES string of the molecule is CCC(C)CCCCCCCCC(=O)OC[C@H](COC(=O)CCCCCCCCCCC(C)C)OC(=O)CCCCCCCCCCCCCC(C)C. The topological polar surface area (TPSA) is 78.9 Å². The molecule has 0 N–H and O–H groups in total. The van der Waals surface area contributed by atoms with E-state index in [0.717, 1.165) is 75.5 Å². The van der Waals surface area contributed by atoms with Gasteiger partial charge in [-0.25, -0.2) is 0 Å². The second kappa shape index (κ2) is 38.7. The van der Waals surface area contributed by atoms with Gasteiger partial charge < -0.3 is 14.2 Å². The van der Waals surface area contributed by atoms with Crippen LogP contribution in [0.15, 0.2) is 0 Å². The number of hydrogen-bond donors (Lipinski definition) is 0. The summed E-state index contributed by atoms with van der Waals surface area (Å²) in [6, 6.07) is 0. The molecule has 0 aromatic heterocycles. The van der Waals surface area contributed by atoms with E-state index in [0.29, 0.717) is 19.3 Å². The first-order chi connectivity index (χ1) is 25.6. The fraction of sp³-hybridized carbons (Fsp3) is 0.936. The molecule has 0 heterocycles. The molecule has 0 amide bonds. The minimum atomic E-state index is -0.762. The summed E-state index contributed by atoms with van der Waals surface area (Å²) in [5.41, 5.74) is 0. The average Bonchev–Trinajstić information content (AvgIpc) is 3.12. The Morgan fingerprint density at radius 2 is 0.660 bits per heavy atom. The van der Waals surface area contributed by atoms with E-state index in [4.69, 9.17) is 14.2 Å². The molecule has 0 spiro atoms. The molecular formula is C47H90O6. The summed E-state index contributed by atoms with van der Waals surface area (Å²) in [6.45, 7) is 13.6. The first-order valence-corrected chi connectivity index (χ1v) is 23.1.